The van der Waals surface area contributed by atoms with Gasteiger partial charge in [0, 0.05) is 0 Å². The van der Waals surface area contributed by atoms with E-state index in [1.54, 1.807) is 0 Å². The zero-order valence-electron chi connectivity index (χ0n) is 9.13. The van der Waals surface area contributed by atoms with Crippen LogP contribution in [0.25, 0.3) is 0 Å². The van der Waals surface area contributed by atoms with Crippen LogP contribution < -0.4 is 0 Å². The number of hydrogen-bond donors (Lipinski definition) is 0. The zero-order chi connectivity index (χ0) is 10.2. The van der Waals surface area contributed by atoms with Crippen LogP contribution >= 0.6 is 0 Å². The Kier molecular flexibility index (Phi) is 6.53. The van der Waals surface area contributed by atoms with Crippen LogP contribution in [-0.4, -0.2) is 52.7 Å². The van der Waals surface area contributed by atoms with Crippen LogP contribution in [0.15, 0.2) is 11.1 Å². The van der Waals surface area contributed by atoms with Gasteiger partial charge in [0.25, 0.3) is 0 Å². The molecule has 0 bridgehead atoms. The third-order valence-corrected chi connectivity index (χ3v) is 4.47. The normalized spacial score (nSPS) is 18.4. The van der Waals surface area contributed by atoms with Crippen molar-refractivity contribution in [1.29, 1.82) is 0 Å². The van der Waals surface area contributed by atoms with Gasteiger partial charge in [-0.05, 0) is 0 Å². The second-order valence-electron chi connectivity index (χ2n) is 3.63. The van der Waals surface area contributed by atoms with E-state index in [4.69, 9.17) is 4.74 Å². The molecule has 1 aliphatic heterocycles. The molecule has 14 heavy (non-hydrogen) atoms. The van der Waals surface area contributed by atoms with Crippen molar-refractivity contribution in [3.05, 3.63) is 11.1 Å². The van der Waals surface area contributed by atoms with Gasteiger partial charge in [0.2, 0.25) is 0 Å². The van der Waals surface area contributed by atoms with Gasteiger partial charge in [-0.25, -0.2) is 0 Å². The number of morpholine rings is 1. The monoisotopic (exact) mass is 263 g/mol. The van der Waals surface area contributed by atoms with Crippen molar-refractivity contribution in [2.24, 2.45) is 0 Å². The van der Waals surface area contributed by atoms with Gasteiger partial charge in [0.05, 0.1) is 0 Å². The Morgan fingerprint density at radius 1 is 1.43 bits per heavy atom. The molecule has 0 atom stereocenters. The molecule has 0 aromatic carbocycles. The first kappa shape index (κ1) is 12.3. The number of ether oxygens (including phenoxy) is 1. The molecular weight excluding hydrogens is 241 g/mol. The summed E-state index contributed by atoms with van der Waals surface area (Å²) in [5.74, 6) is 0. The SMILES string of the molecule is C=C(CN1CCOCC1)[Se]CCCC. The molecule has 0 N–H and O–H groups in total. The Hall–Kier alpha value is 0.179. The van der Waals surface area contributed by atoms with Crippen molar-refractivity contribution in [2.45, 2.75) is 25.1 Å². The van der Waals surface area contributed by atoms with Gasteiger partial charge in [-0.3, -0.25) is 0 Å². The summed E-state index contributed by atoms with van der Waals surface area (Å²) in [5, 5.41) is 1.37. The molecule has 2 nitrogen and oxygen atoms in total. The average Bonchev–Trinajstić information content (AvgIpc) is 2.20. The van der Waals surface area contributed by atoms with E-state index in [2.05, 4.69) is 18.4 Å². The summed E-state index contributed by atoms with van der Waals surface area (Å²) in [6.07, 6.45) is 2.68. The van der Waals surface area contributed by atoms with Gasteiger partial charge in [0.1, 0.15) is 0 Å². The molecule has 82 valence electrons. The second kappa shape index (κ2) is 7.47. The van der Waals surface area contributed by atoms with Gasteiger partial charge in [-0.15, -0.1) is 0 Å². The molecule has 0 saturated carbocycles. The number of nitrogens with zero attached hydrogens (tertiary/aromatic N) is 1. The average molecular weight is 262 g/mol. The zero-order valence-corrected chi connectivity index (χ0v) is 10.8. The number of rotatable bonds is 6. The van der Waals surface area contributed by atoms with Crippen LogP contribution in [0.4, 0.5) is 0 Å². The Balaban J connectivity index is 2.06. The molecule has 0 radical (unpaired) electrons. The molecule has 3 heteroatoms. The standard InChI is InChI=1S/C11H21NOSe/c1-3-4-9-14-11(2)10-12-5-7-13-8-6-12/h2-10H2,1H3. The van der Waals surface area contributed by atoms with Crippen LogP contribution in [0.1, 0.15) is 19.8 Å². The second-order valence-corrected chi connectivity index (χ2v) is 6.30. The number of hydrogen-bond acceptors (Lipinski definition) is 2. The molecule has 0 aromatic heterocycles. The first-order valence-corrected chi connectivity index (χ1v) is 7.50. The molecule has 1 rings (SSSR count). The molecular formula is C11H21NOSe. The predicted molar refractivity (Wildman–Crippen MR) is 61.9 cm³/mol. The van der Waals surface area contributed by atoms with Crippen LogP contribution in [-0.2, 0) is 4.74 Å². The van der Waals surface area contributed by atoms with Crippen molar-refractivity contribution < 1.29 is 4.74 Å². The van der Waals surface area contributed by atoms with Crippen molar-refractivity contribution in [2.75, 3.05) is 32.8 Å². The predicted octanol–water partition coefficient (Wildman–Crippen LogP) is 1.75. The van der Waals surface area contributed by atoms with Gasteiger partial charge < -0.3 is 0 Å². The van der Waals surface area contributed by atoms with Crippen LogP contribution in [0, 0.1) is 0 Å². The van der Waals surface area contributed by atoms with Crippen molar-refractivity contribution in [3.63, 3.8) is 0 Å². The molecule has 1 aliphatic rings. The fourth-order valence-electron chi connectivity index (χ4n) is 1.42. The molecule has 1 saturated heterocycles. The fraction of sp³-hybridized carbons (Fsp3) is 0.818. The summed E-state index contributed by atoms with van der Waals surface area (Å²) in [7, 11) is 0. The van der Waals surface area contributed by atoms with Crippen LogP contribution in [0.3, 0.4) is 0 Å². The summed E-state index contributed by atoms with van der Waals surface area (Å²) >= 11 is 0.661. The first-order chi connectivity index (χ1) is 6.83. The van der Waals surface area contributed by atoms with E-state index >= 15 is 0 Å². The summed E-state index contributed by atoms with van der Waals surface area (Å²) in [6.45, 7) is 11.5. The Morgan fingerprint density at radius 3 is 2.79 bits per heavy atom. The Morgan fingerprint density at radius 2 is 2.14 bits per heavy atom. The summed E-state index contributed by atoms with van der Waals surface area (Å²) in [6, 6.07) is 0. The minimum absolute atomic E-state index is 0.661. The first-order valence-electron chi connectivity index (χ1n) is 5.43. The molecule has 0 aromatic rings. The summed E-state index contributed by atoms with van der Waals surface area (Å²) in [4.78, 5) is 2.46. The third kappa shape index (κ3) is 5.16. The Bertz CT molecular complexity index is 167. The van der Waals surface area contributed by atoms with E-state index in [9.17, 15) is 0 Å². The topological polar surface area (TPSA) is 12.5 Å². The molecule has 0 spiro atoms. The van der Waals surface area contributed by atoms with Gasteiger partial charge >= 0.3 is 93.6 Å². The van der Waals surface area contributed by atoms with Crippen LogP contribution in [0.2, 0.25) is 5.32 Å². The van der Waals surface area contributed by atoms with Crippen molar-refractivity contribution in [3.8, 4) is 0 Å². The molecule has 0 aliphatic carbocycles. The molecule has 0 unspecified atom stereocenters. The number of unbranched alkanes of at least 4 members (excludes halogenated alkanes) is 1. The summed E-state index contributed by atoms with van der Waals surface area (Å²) < 4.78 is 6.77. The van der Waals surface area contributed by atoms with Gasteiger partial charge in [-0.2, -0.15) is 0 Å². The maximum atomic E-state index is 5.31. The van der Waals surface area contributed by atoms with E-state index in [1.165, 1.54) is 22.6 Å². The molecule has 1 heterocycles. The quantitative estimate of drug-likeness (QED) is 0.534. The Labute approximate surface area is 93.8 Å². The van der Waals surface area contributed by atoms with Crippen molar-refractivity contribution >= 4 is 15.0 Å². The van der Waals surface area contributed by atoms with E-state index in [1.807, 2.05) is 0 Å². The summed E-state index contributed by atoms with van der Waals surface area (Å²) in [5.41, 5.74) is 0. The van der Waals surface area contributed by atoms with Crippen molar-refractivity contribution in [1.82, 2.24) is 4.90 Å². The van der Waals surface area contributed by atoms with E-state index in [0.717, 1.165) is 32.8 Å². The maximum absolute atomic E-state index is 5.31. The molecule has 1 fully saturated rings. The van der Waals surface area contributed by atoms with Gasteiger partial charge in [-0.1, -0.05) is 0 Å². The van der Waals surface area contributed by atoms with Crippen LogP contribution in [0.5, 0.6) is 0 Å². The van der Waals surface area contributed by atoms with Gasteiger partial charge in [0.15, 0.2) is 0 Å². The third-order valence-electron chi connectivity index (χ3n) is 2.31. The van der Waals surface area contributed by atoms with E-state index in [0.29, 0.717) is 15.0 Å². The van der Waals surface area contributed by atoms with E-state index in [-0.39, 0.29) is 0 Å². The minimum atomic E-state index is 0.661. The van der Waals surface area contributed by atoms with E-state index < -0.39 is 0 Å². The fourth-order valence-corrected chi connectivity index (χ4v) is 3.50. The molecule has 0 amide bonds.